The molecule has 0 atom stereocenters. The molecule has 7 nitrogen and oxygen atoms in total. The Morgan fingerprint density at radius 3 is 2.56 bits per heavy atom. The second-order valence-corrected chi connectivity index (χ2v) is 2.88. The number of nitrogens with zero attached hydrogens (tertiary/aromatic N) is 1. The average Bonchev–Trinajstić information content (AvgIpc) is 2.24. The summed E-state index contributed by atoms with van der Waals surface area (Å²) in [5.41, 5.74) is 0. The molecule has 0 saturated heterocycles. The number of Topliss-reactive ketones (excluding diaryl/α,β-unsaturated/α-hetero) is 1. The van der Waals surface area contributed by atoms with E-state index < -0.39 is 24.1 Å². The highest BCUT2D eigenvalue weighted by Gasteiger charge is 2.18. The van der Waals surface area contributed by atoms with Crippen LogP contribution in [0.3, 0.4) is 0 Å². The highest BCUT2D eigenvalue weighted by atomic mass is 16.5. The van der Waals surface area contributed by atoms with Crippen molar-refractivity contribution in [2.45, 2.75) is 19.8 Å². The minimum absolute atomic E-state index is 0.0944. The number of hydrogen-bond acceptors (Lipinski definition) is 6. The first-order valence-electron chi connectivity index (χ1n) is 4.87. The first-order valence-corrected chi connectivity index (χ1v) is 4.87. The Kier molecular flexibility index (Phi) is 7.56. The Hall–Kier alpha value is -1.79. The Labute approximate surface area is 92.5 Å². The molecule has 0 aliphatic heterocycles. The average molecular weight is 230 g/mol. The number of ketones is 1. The zero-order valence-corrected chi connectivity index (χ0v) is 9.02. The summed E-state index contributed by atoms with van der Waals surface area (Å²) in [7, 11) is 0. The summed E-state index contributed by atoms with van der Waals surface area (Å²) in [5, 5.41) is 4.98. The molecule has 0 saturated carbocycles. The van der Waals surface area contributed by atoms with Gasteiger partial charge < -0.3 is 10.1 Å². The normalized spacial score (nSPS) is 9.31. The van der Waals surface area contributed by atoms with Crippen LogP contribution in [0.15, 0.2) is 5.18 Å². The third-order valence-electron chi connectivity index (χ3n) is 1.57. The molecule has 0 bridgehead atoms. The number of ether oxygens (including phenoxy) is 1. The molecule has 0 aromatic rings. The van der Waals surface area contributed by atoms with Crippen LogP contribution in [0.5, 0.6) is 0 Å². The van der Waals surface area contributed by atoms with Gasteiger partial charge in [-0.2, -0.15) is 4.91 Å². The molecule has 16 heavy (non-hydrogen) atoms. The number of rotatable bonds is 8. The lowest BCUT2D eigenvalue weighted by Gasteiger charge is -2.02. The number of amides is 1. The lowest BCUT2D eigenvalue weighted by molar-refractivity contribution is -0.154. The van der Waals surface area contributed by atoms with Crippen LogP contribution in [0.25, 0.3) is 0 Å². The van der Waals surface area contributed by atoms with Gasteiger partial charge in [-0.3, -0.25) is 9.59 Å². The number of hydrogen-bond donors (Lipinski definition) is 1. The molecule has 0 rings (SSSR count). The fourth-order valence-corrected chi connectivity index (χ4v) is 0.863. The van der Waals surface area contributed by atoms with E-state index in [4.69, 9.17) is 0 Å². The number of nitrogens with one attached hydrogen (secondary N) is 1. The van der Waals surface area contributed by atoms with Crippen molar-refractivity contribution in [3.05, 3.63) is 4.91 Å². The summed E-state index contributed by atoms with van der Waals surface area (Å²) >= 11 is 0. The van der Waals surface area contributed by atoms with Gasteiger partial charge in [0.25, 0.3) is 0 Å². The van der Waals surface area contributed by atoms with E-state index in [1.807, 2.05) is 0 Å². The summed E-state index contributed by atoms with van der Waals surface area (Å²) in [6, 6.07) is 0. The van der Waals surface area contributed by atoms with Gasteiger partial charge in [0.05, 0.1) is 19.6 Å². The Balaban J connectivity index is 3.74. The molecule has 1 amide bonds. The quantitative estimate of drug-likeness (QED) is 0.204. The lowest BCUT2D eigenvalue weighted by atomic mass is 10.2. The van der Waals surface area contributed by atoms with Crippen molar-refractivity contribution < 1.29 is 19.1 Å². The van der Waals surface area contributed by atoms with E-state index in [0.717, 1.165) is 0 Å². The maximum atomic E-state index is 11.1. The highest BCUT2D eigenvalue weighted by molar-refractivity contribution is 6.36. The molecule has 0 heterocycles. The summed E-state index contributed by atoms with van der Waals surface area (Å²) in [5.74, 6) is -2.45. The van der Waals surface area contributed by atoms with Gasteiger partial charge in [0.1, 0.15) is 0 Å². The van der Waals surface area contributed by atoms with E-state index in [0.29, 0.717) is 6.42 Å². The monoisotopic (exact) mass is 230 g/mol. The van der Waals surface area contributed by atoms with Crippen LogP contribution in [-0.4, -0.2) is 37.4 Å². The first-order chi connectivity index (χ1) is 7.61. The smallest absolute Gasteiger partial charge is 0.375 e. The van der Waals surface area contributed by atoms with Crippen LogP contribution < -0.4 is 5.32 Å². The van der Waals surface area contributed by atoms with Gasteiger partial charge in [0.2, 0.25) is 11.7 Å². The second-order valence-electron chi connectivity index (χ2n) is 2.88. The maximum absolute atomic E-state index is 11.1. The highest BCUT2D eigenvalue weighted by Crippen LogP contribution is 1.89. The number of esters is 1. The predicted octanol–water partition coefficient (Wildman–Crippen LogP) is -0.219. The number of carbonyl (C=O) groups excluding carboxylic acids is 3. The molecule has 7 heteroatoms. The van der Waals surface area contributed by atoms with Gasteiger partial charge in [-0.05, 0) is 13.3 Å². The first kappa shape index (κ1) is 14.2. The molecule has 0 aliphatic carbocycles. The van der Waals surface area contributed by atoms with E-state index in [-0.39, 0.29) is 19.7 Å². The molecule has 0 spiro atoms. The van der Waals surface area contributed by atoms with Crippen LogP contribution in [0.4, 0.5) is 0 Å². The topological polar surface area (TPSA) is 102 Å². The van der Waals surface area contributed by atoms with Gasteiger partial charge in [0, 0.05) is 6.54 Å². The zero-order valence-electron chi connectivity index (χ0n) is 9.02. The predicted molar refractivity (Wildman–Crippen MR) is 54.5 cm³/mol. The Bertz CT molecular complexity index is 277. The summed E-state index contributed by atoms with van der Waals surface area (Å²) < 4.78 is 4.42. The van der Waals surface area contributed by atoms with Crippen molar-refractivity contribution >= 4 is 17.7 Å². The molecular formula is C9H14N2O5. The summed E-state index contributed by atoms with van der Waals surface area (Å²) in [6.07, 6.45) is -0.129. The second kappa shape index (κ2) is 8.51. The van der Waals surface area contributed by atoms with Crippen molar-refractivity contribution in [2.75, 3.05) is 19.7 Å². The van der Waals surface area contributed by atoms with Crippen molar-refractivity contribution in [1.29, 1.82) is 0 Å². The van der Waals surface area contributed by atoms with Gasteiger partial charge in [-0.15, -0.1) is 0 Å². The molecule has 0 aliphatic rings. The van der Waals surface area contributed by atoms with E-state index >= 15 is 0 Å². The number of nitroso groups, excluding NO2 is 1. The van der Waals surface area contributed by atoms with Crippen molar-refractivity contribution in [2.24, 2.45) is 5.18 Å². The lowest BCUT2D eigenvalue weighted by Crippen LogP contribution is -2.30. The zero-order chi connectivity index (χ0) is 12.4. The van der Waals surface area contributed by atoms with Crippen LogP contribution in [0.2, 0.25) is 0 Å². The van der Waals surface area contributed by atoms with Gasteiger partial charge in [0.15, 0.2) is 0 Å². The van der Waals surface area contributed by atoms with E-state index in [9.17, 15) is 19.3 Å². The van der Waals surface area contributed by atoms with Crippen molar-refractivity contribution in [3.63, 3.8) is 0 Å². The SMILES string of the molecule is CCOC(=O)C(=O)CC(=O)NCCCN=O. The third kappa shape index (κ3) is 6.63. The molecule has 0 fully saturated rings. The van der Waals surface area contributed by atoms with Crippen molar-refractivity contribution in [1.82, 2.24) is 5.32 Å². The maximum Gasteiger partial charge on any atom is 0.375 e. The van der Waals surface area contributed by atoms with Gasteiger partial charge in [-0.25, -0.2) is 4.79 Å². The molecule has 0 aromatic carbocycles. The molecule has 0 aromatic heterocycles. The standard InChI is InChI=1S/C9H14N2O5/c1-2-16-9(14)7(12)6-8(13)10-4-3-5-11-15/h2-6H2,1H3,(H,10,13). The van der Waals surface area contributed by atoms with Crippen molar-refractivity contribution in [3.8, 4) is 0 Å². The third-order valence-corrected chi connectivity index (χ3v) is 1.57. The van der Waals surface area contributed by atoms with Gasteiger partial charge in [-0.1, -0.05) is 5.18 Å². The molecule has 0 radical (unpaired) electrons. The van der Waals surface area contributed by atoms with E-state index in [1.165, 1.54) is 0 Å². The molecule has 0 unspecified atom stereocenters. The fourth-order valence-electron chi connectivity index (χ4n) is 0.863. The fraction of sp³-hybridized carbons (Fsp3) is 0.667. The van der Waals surface area contributed by atoms with Crippen LogP contribution in [0, 0.1) is 4.91 Å². The summed E-state index contributed by atoms with van der Waals surface area (Å²) in [6.45, 7) is 2.02. The van der Waals surface area contributed by atoms with E-state index in [2.05, 4.69) is 15.2 Å². The summed E-state index contributed by atoms with van der Waals surface area (Å²) in [4.78, 5) is 42.7. The molecule has 90 valence electrons. The van der Waals surface area contributed by atoms with E-state index in [1.54, 1.807) is 6.92 Å². The largest absolute Gasteiger partial charge is 0.460 e. The molecule has 1 N–H and O–H groups in total. The minimum atomic E-state index is -1.01. The van der Waals surface area contributed by atoms with Crippen LogP contribution >= 0.6 is 0 Å². The Morgan fingerprint density at radius 1 is 1.31 bits per heavy atom. The van der Waals surface area contributed by atoms with Crippen LogP contribution in [0.1, 0.15) is 19.8 Å². The van der Waals surface area contributed by atoms with Gasteiger partial charge >= 0.3 is 5.97 Å². The Morgan fingerprint density at radius 2 is 2.00 bits per heavy atom. The number of carbonyl (C=O) groups is 3. The minimum Gasteiger partial charge on any atom is -0.460 e. The van der Waals surface area contributed by atoms with Crippen LogP contribution in [-0.2, 0) is 19.1 Å². The molecular weight excluding hydrogens is 216 g/mol.